The molecule has 0 saturated heterocycles. The quantitative estimate of drug-likeness (QED) is 0.729. The number of nitrogens with two attached hydrogens (primary N) is 1. The SMILES string of the molecule is CN(C[C@@H](N)CC1CCCCC1)C(=O)OCC[Si](C)(C)C. The molecule has 1 fully saturated rings. The van der Waals surface area contributed by atoms with Gasteiger partial charge in [0.15, 0.2) is 0 Å². The highest BCUT2D eigenvalue weighted by Crippen LogP contribution is 2.27. The van der Waals surface area contributed by atoms with Gasteiger partial charge in [-0.1, -0.05) is 51.7 Å². The third-order valence-corrected chi connectivity index (χ3v) is 5.96. The van der Waals surface area contributed by atoms with Crippen molar-refractivity contribution < 1.29 is 9.53 Å². The van der Waals surface area contributed by atoms with Crippen LogP contribution in [0.5, 0.6) is 0 Å². The molecule has 0 radical (unpaired) electrons. The van der Waals surface area contributed by atoms with E-state index in [1.54, 1.807) is 11.9 Å². The second kappa shape index (κ2) is 8.78. The first-order valence-electron chi connectivity index (χ1n) is 8.41. The van der Waals surface area contributed by atoms with Gasteiger partial charge in [-0.15, -0.1) is 0 Å². The number of carbonyl (C=O) groups excluding carboxylic acids is 1. The summed E-state index contributed by atoms with van der Waals surface area (Å²) in [6.45, 7) is 7.99. The zero-order valence-corrected chi connectivity index (χ0v) is 15.4. The lowest BCUT2D eigenvalue weighted by Gasteiger charge is -2.27. The third kappa shape index (κ3) is 8.46. The molecular formula is C16H34N2O2Si. The molecule has 0 heterocycles. The highest BCUT2D eigenvalue weighted by atomic mass is 28.3. The van der Waals surface area contributed by atoms with E-state index in [9.17, 15) is 4.79 Å². The molecule has 124 valence electrons. The largest absolute Gasteiger partial charge is 0.450 e. The van der Waals surface area contributed by atoms with E-state index < -0.39 is 8.07 Å². The molecule has 2 N–H and O–H groups in total. The van der Waals surface area contributed by atoms with Crippen LogP contribution in [-0.2, 0) is 4.74 Å². The van der Waals surface area contributed by atoms with E-state index in [0.717, 1.165) is 18.4 Å². The average Bonchev–Trinajstić information content (AvgIpc) is 2.38. The Morgan fingerprint density at radius 1 is 1.29 bits per heavy atom. The van der Waals surface area contributed by atoms with Crippen LogP contribution in [0.4, 0.5) is 4.79 Å². The highest BCUT2D eigenvalue weighted by molar-refractivity contribution is 6.76. The zero-order valence-electron chi connectivity index (χ0n) is 14.4. The fourth-order valence-electron chi connectivity index (χ4n) is 2.91. The Balaban J connectivity index is 2.21. The van der Waals surface area contributed by atoms with Crippen LogP contribution in [0.2, 0.25) is 25.7 Å². The van der Waals surface area contributed by atoms with E-state index in [1.165, 1.54) is 32.1 Å². The Kier molecular flexibility index (Phi) is 7.74. The third-order valence-electron chi connectivity index (χ3n) is 4.26. The van der Waals surface area contributed by atoms with Gasteiger partial charge >= 0.3 is 6.09 Å². The van der Waals surface area contributed by atoms with Crippen molar-refractivity contribution in [3.63, 3.8) is 0 Å². The van der Waals surface area contributed by atoms with Crippen LogP contribution < -0.4 is 5.73 Å². The molecule has 1 rings (SSSR count). The van der Waals surface area contributed by atoms with Gasteiger partial charge in [0.2, 0.25) is 0 Å². The van der Waals surface area contributed by atoms with Gasteiger partial charge in [-0.2, -0.15) is 0 Å². The summed E-state index contributed by atoms with van der Waals surface area (Å²) in [5, 5.41) is 0. The van der Waals surface area contributed by atoms with Crippen molar-refractivity contribution in [2.24, 2.45) is 11.7 Å². The maximum atomic E-state index is 11.9. The van der Waals surface area contributed by atoms with Gasteiger partial charge in [-0.25, -0.2) is 4.79 Å². The van der Waals surface area contributed by atoms with Crippen LogP contribution in [0.15, 0.2) is 0 Å². The molecule has 1 aliphatic carbocycles. The first-order valence-corrected chi connectivity index (χ1v) is 12.1. The maximum Gasteiger partial charge on any atom is 0.409 e. The average molecular weight is 315 g/mol. The van der Waals surface area contributed by atoms with Crippen molar-refractivity contribution in [1.29, 1.82) is 0 Å². The molecule has 21 heavy (non-hydrogen) atoms. The van der Waals surface area contributed by atoms with Crippen LogP contribution >= 0.6 is 0 Å². The predicted molar refractivity (Wildman–Crippen MR) is 91.3 cm³/mol. The van der Waals surface area contributed by atoms with Gasteiger partial charge in [-0.3, -0.25) is 0 Å². The topological polar surface area (TPSA) is 55.6 Å². The molecule has 0 aromatic carbocycles. The summed E-state index contributed by atoms with van der Waals surface area (Å²) in [6, 6.07) is 1.09. The number of ether oxygens (including phenoxy) is 1. The van der Waals surface area contributed by atoms with E-state index in [-0.39, 0.29) is 12.1 Å². The Labute approximate surface area is 131 Å². The van der Waals surface area contributed by atoms with Gasteiger partial charge < -0.3 is 15.4 Å². The predicted octanol–water partition coefficient (Wildman–Crippen LogP) is 3.69. The van der Waals surface area contributed by atoms with Crippen LogP contribution in [0.3, 0.4) is 0 Å². The van der Waals surface area contributed by atoms with E-state index in [2.05, 4.69) is 19.6 Å². The van der Waals surface area contributed by atoms with Gasteiger partial charge in [0.05, 0.1) is 6.61 Å². The minimum atomic E-state index is -1.14. The van der Waals surface area contributed by atoms with Crippen LogP contribution in [0, 0.1) is 5.92 Å². The molecule has 1 aliphatic rings. The summed E-state index contributed by atoms with van der Waals surface area (Å²) in [5.41, 5.74) is 6.20. The summed E-state index contributed by atoms with van der Waals surface area (Å²) in [5.74, 6) is 0.755. The summed E-state index contributed by atoms with van der Waals surface area (Å²) >= 11 is 0. The van der Waals surface area contributed by atoms with E-state index >= 15 is 0 Å². The monoisotopic (exact) mass is 314 g/mol. The smallest absolute Gasteiger partial charge is 0.409 e. The summed E-state index contributed by atoms with van der Waals surface area (Å²) in [7, 11) is 0.649. The van der Waals surface area contributed by atoms with E-state index in [4.69, 9.17) is 10.5 Å². The Hall–Kier alpha value is -0.553. The van der Waals surface area contributed by atoms with Crippen molar-refractivity contribution in [3.05, 3.63) is 0 Å². The number of nitrogens with zero attached hydrogens (tertiary/aromatic N) is 1. The molecular weight excluding hydrogens is 280 g/mol. The lowest BCUT2D eigenvalue weighted by atomic mass is 9.85. The molecule has 0 spiro atoms. The fraction of sp³-hybridized carbons (Fsp3) is 0.938. The van der Waals surface area contributed by atoms with Crippen LogP contribution in [-0.4, -0.2) is 45.3 Å². The summed E-state index contributed by atoms with van der Waals surface area (Å²) in [4.78, 5) is 13.6. The number of amides is 1. The number of carbonyl (C=O) groups is 1. The first kappa shape index (κ1) is 18.5. The summed E-state index contributed by atoms with van der Waals surface area (Å²) in [6.07, 6.45) is 7.46. The van der Waals surface area contributed by atoms with E-state index in [0.29, 0.717) is 13.2 Å². The summed E-state index contributed by atoms with van der Waals surface area (Å²) < 4.78 is 5.34. The van der Waals surface area contributed by atoms with Crippen molar-refractivity contribution in [3.8, 4) is 0 Å². The second-order valence-corrected chi connectivity index (χ2v) is 13.4. The van der Waals surface area contributed by atoms with Crippen molar-refractivity contribution >= 4 is 14.2 Å². The lowest BCUT2D eigenvalue weighted by Crippen LogP contribution is -2.40. The first-order chi connectivity index (χ1) is 9.78. The molecule has 0 aromatic rings. The van der Waals surface area contributed by atoms with E-state index in [1.807, 2.05) is 0 Å². The molecule has 1 saturated carbocycles. The number of likely N-dealkylation sites (N-methyl/N-ethyl adjacent to an activating group) is 1. The Morgan fingerprint density at radius 3 is 2.48 bits per heavy atom. The van der Waals surface area contributed by atoms with Gasteiger partial charge in [0, 0.05) is 27.7 Å². The minimum Gasteiger partial charge on any atom is -0.450 e. The molecule has 4 nitrogen and oxygen atoms in total. The van der Waals surface area contributed by atoms with Crippen LogP contribution in [0.1, 0.15) is 38.5 Å². The number of hydrogen-bond donors (Lipinski definition) is 1. The fourth-order valence-corrected chi connectivity index (χ4v) is 3.62. The van der Waals surface area contributed by atoms with Crippen LogP contribution in [0.25, 0.3) is 0 Å². The number of rotatable bonds is 7. The van der Waals surface area contributed by atoms with Gasteiger partial charge in [-0.05, 0) is 18.4 Å². The van der Waals surface area contributed by atoms with Crippen molar-refractivity contribution in [2.45, 2.75) is 70.3 Å². The normalized spacial score (nSPS) is 18.3. The number of hydrogen-bond acceptors (Lipinski definition) is 3. The Bertz CT molecular complexity index is 312. The van der Waals surface area contributed by atoms with Gasteiger partial charge in [0.25, 0.3) is 0 Å². The zero-order chi connectivity index (χ0) is 15.9. The second-order valence-electron chi connectivity index (χ2n) is 7.81. The molecule has 0 unspecified atom stereocenters. The van der Waals surface area contributed by atoms with Crippen molar-refractivity contribution in [1.82, 2.24) is 4.90 Å². The van der Waals surface area contributed by atoms with Crippen molar-refractivity contribution in [2.75, 3.05) is 20.2 Å². The lowest BCUT2D eigenvalue weighted by molar-refractivity contribution is 0.112. The minimum absolute atomic E-state index is 0.0719. The molecule has 1 atom stereocenters. The molecule has 0 bridgehead atoms. The highest BCUT2D eigenvalue weighted by Gasteiger charge is 2.20. The van der Waals surface area contributed by atoms with Gasteiger partial charge in [0.1, 0.15) is 0 Å². The maximum absolute atomic E-state index is 11.9. The standard InChI is InChI=1S/C16H34N2O2Si/c1-18(16(19)20-10-11-21(2,3)4)13-15(17)12-14-8-6-5-7-9-14/h14-15H,5-13,17H2,1-4H3/t15-/m0/s1. The molecule has 0 aromatic heterocycles. The molecule has 5 heteroatoms. The Morgan fingerprint density at radius 2 is 1.90 bits per heavy atom. The molecule has 1 amide bonds. The molecule has 0 aliphatic heterocycles.